The van der Waals surface area contributed by atoms with Crippen molar-refractivity contribution in [1.82, 2.24) is 14.6 Å². The van der Waals surface area contributed by atoms with Crippen LogP contribution in [0.1, 0.15) is 56.7 Å². The van der Waals surface area contributed by atoms with Gasteiger partial charge >= 0.3 is 5.97 Å². The van der Waals surface area contributed by atoms with E-state index in [2.05, 4.69) is 20.7 Å². The van der Waals surface area contributed by atoms with Gasteiger partial charge in [-0.05, 0) is 93.4 Å². The lowest BCUT2D eigenvalue weighted by atomic mass is 9.94. The van der Waals surface area contributed by atoms with Gasteiger partial charge in [-0.15, -0.1) is 11.3 Å². The van der Waals surface area contributed by atoms with E-state index in [9.17, 15) is 13.2 Å². The van der Waals surface area contributed by atoms with Gasteiger partial charge in [-0.2, -0.15) is 0 Å². The zero-order chi connectivity index (χ0) is 29.9. The molecule has 1 aliphatic carbocycles. The molecular weight excluding hydrogens is 572 g/mol. The van der Waals surface area contributed by atoms with E-state index < -0.39 is 10.0 Å². The first kappa shape index (κ1) is 30.5. The number of benzene rings is 2. The third kappa shape index (κ3) is 7.31. The maximum Gasteiger partial charge on any atom is 0.305 e. The Morgan fingerprint density at radius 1 is 1.19 bits per heavy atom. The fourth-order valence-corrected chi connectivity index (χ4v) is 8.10. The summed E-state index contributed by atoms with van der Waals surface area (Å²) < 4.78 is 39.7. The highest BCUT2D eigenvalue weighted by Gasteiger charge is 2.30. The number of methoxy groups -OCH3 is 1. The second kappa shape index (κ2) is 13.1. The van der Waals surface area contributed by atoms with Crippen LogP contribution in [0.5, 0.6) is 5.75 Å². The van der Waals surface area contributed by atoms with Gasteiger partial charge in [0, 0.05) is 30.8 Å². The van der Waals surface area contributed by atoms with Crippen molar-refractivity contribution in [3.8, 4) is 26.8 Å². The molecule has 2 aliphatic rings. The highest BCUT2D eigenvalue weighted by molar-refractivity contribution is 7.89. The number of nitrogen functional groups attached to an aromatic ring is 1. The number of hydrogen-bond donors (Lipinski definition) is 2. The summed E-state index contributed by atoms with van der Waals surface area (Å²) in [6.07, 6.45) is 5.65. The van der Waals surface area contributed by atoms with E-state index in [4.69, 9.17) is 15.2 Å². The molecular formula is C31H40N4O5S2. The smallest absolute Gasteiger partial charge is 0.305 e. The largest absolute Gasteiger partial charge is 0.489 e. The molecule has 3 N–H and O–H groups in total. The number of sulfonamides is 1. The normalized spacial score (nSPS) is 17.9. The average molecular weight is 613 g/mol. The highest BCUT2D eigenvalue weighted by Crippen LogP contribution is 2.41. The Labute approximate surface area is 252 Å². The van der Waals surface area contributed by atoms with Crippen LogP contribution in [0.2, 0.25) is 0 Å². The van der Waals surface area contributed by atoms with Crippen molar-refractivity contribution in [1.29, 1.82) is 0 Å². The van der Waals surface area contributed by atoms with Crippen molar-refractivity contribution in [2.75, 3.05) is 38.2 Å². The maximum absolute atomic E-state index is 13.1. The fourth-order valence-electron chi connectivity index (χ4n) is 5.84. The summed E-state index contributed by atoms with van der Waals surface area (Å²) >= 11 is 1.60. The maximum atomic E-state index is 13.1. The number of likely N-dealkylation sites (tertiary alicyclic amines) is 1. The molecule has 2 heterocycles. The first-order valence-corrected chi connectivity index (χ1v) is 17.0. The second-order valence-electron chi connectivity index (χ2n) is 11.4. The minimum atomic E-state index is -3.47. The fraction of sp³-hybridized carbons (Fsp3) is 0.484. The summed E-state index contributed by atoms with van der Waals surface area (Å²) in [5.74, 6) is 0.858. The second-order valence-corrected chi connectivity index (χ2v) is 14.3. The lowest BCUT2D eigenvalue weighted by molar-refractivity contribution is -0.142. The topological polar surface area (TPSA) is 124 Å². The summed E-state index contributed by atoms with van der Waals surface area (Å²) in [6, 6.07) is 11.6. The van der Waals surface area contributed by atoms with Gasteiger partial charge in [0.05, 0.1) is 29.5 Å². The molecule has 226 valence electrons. The SMILES string of the molecule is COC(=O)CC1CCN(CCS(=O)(=O)N[C@@H]2CCc3c(-c4cnc(-c5ccc(OC(C)C)c(N)c5)s4)cccc32)CC1. The number of esters is 1. The summed E-state index contributed by atoms with van der Waals surface area (Å²) in [6.45, 7) is 6.02. The number of anilines is 1. The van der Waals surface area contributed by atoms with Crippen LogP contribution in [-0.4, -0.2) is 62.9 Å². The Bertz CT molecular complexity index is 1510. The first-order chi connectivity index (χ1) is 20.1. The van der Waals surface area contributed by atoms with E-state index in [1.807, 2.05) is 50.4 Å². The lowest BCUT2D eigenvalue weighted by Crippen LogP contribution is -2.40. The summed E-state index contributed by atoms with van der Waals surface area (Å²) in [5, 5.41) is 0.870. The number of carbonyl (C=O) groups excluding carboxylic acids is 1. The van der Waals surface area contributed by atoms with Crippen LogP contribution in [0.15, 0.2) is 42.6 Å². The molecule has 0 unspecified atom stereocenters. The van der Waals surface area contributed by atoms with E-state index in [-0.39, 0.29) is 23.9 Å². The van der Waals surface area contributed by atoms with Crippen LogP contribution >= 0.6 is 11.3 Å². The van der Waals surface area contributed by atoms with E-state index in [1.54, 1.807) is 11.3 Å². The van der Waals surface area contributed by atoms with Crippen molar-refractivity contribution in [3.63, 3.8) is 0 Å². The predicted molar refractivity (Wildman–Crippen MR) is 167 cm³/mol. The van der Waals surface area contributed by atoms with Crippen LogP contribution in [0.25, 0.3) is 21.0 Å². The molecule has 1 atom stereocenters. The Kier molecular flexibility index (Phi) is 9.51. The first-order valence-electron chi connectivity index (χ1n) is 14.6. The zero-order valence-electron chi connectivity index (χ0n) is 24.5. The van der Waals surface area contributed by atoms with Crippen molar-refractivity contribution < 1.29 is 22.7 Å². The number of hydrogen-bond acceptors (Lipinski definition) is 9. The summed E-state index contributed by atoms with van der Waals surface area (Å²) in [7, 11) is -2.05. The van der Waals surface area contributed by atoms with E-state index in [0.717, 1.165) is 65.3 Å². The minimum Gasteiger partial charge on any atom is -0.489 e. The molecule has 3 aromatic rings. The van der Waals surface area contributed by atoms with E-state index in [0.29, 0.717) is 30.3 Å². The van der Waals surface area contributed by atoms with Gasteiger partial charge in [-0.1, -0.05) is 18.2 Å². The lowest BCUT2D eigenvalue weighted by Gasteiger charge is -2.31. The van der Waals surface area contributed by atoms with Crippen LogP contribution in [0.4, 0.5) is 5.69 Å². The summed E-state index contributed by atoms with van der Waals surface area (Å²) in [4.78, 5) is 19.4. The third-order valence-corrected chi connectivity index (χ3v) is 10.5. The van der Waals surface area contributed by atoms with Crippen LogP contribution in [0, 0.1) is 5.92 Å². The minimum absolute atomic E-state index is 0.0428. The molecule has 9 nitrogen and oxygen atoms in total. The molecule has 0 saturated carbocycles. The molecule has 1 fully saturated rings. The number of thiazole rings is 1. The third-order valence-electron chi connectivity index (χ3n) is 8.05. The molecule has 1 aliphatic heterocycles. The Hall–Kier alpha value is -2.99. The standard InChI is InChI=1S/C31H40N4O5S2/c1-20(2)40-28-10-7-22(18-26(28)32)31-33-19-29(41-31)25-6-4-5-24-23(25)8-9-27(24)34-42(37,38)16-15-35-13-11-21(12-14-35)17-30(36)39-3/h4-7,10,18-21,27,34H,8-9,11-17,32H2,1-3H3/t27-/m1/s1. The van der Waals surface area contributed by atoms with Gasteiger partial charge in [0.2, 0.25) is 10.0 Å². The number of ether oxygens (including phenoxy) is 2. The molecule has 42 heavy (non-hydrogen) atoms. The number of rotatable bonds is 11. The summed E-state index contributed by atoms with van der Waals surface area (Å²) in [5.41, 5.74) is 11.1. The number of carbonyl (C=O) groups is 1. The van der Waals surface area contributed by atoms with Gasteiger partial charge in [-0.25, -0.2) is 18.1 Å². The Morgan fingerprint density at radius 3 is 2.69 bits per heavy atom. The molecule has 5 rings (SSSR count). The number of nitrogens with zero attached hydrogens (tertiary/aromatic N) is 2. The van der Waals surface area contributed by atoms with Gasteiger partial charge < -0.3 is 20.1 Å². The van der Waals surface area contributed by atoms with Gasteiger partial charge in [0.1, 0.15) is 10.8 Å². The molecule has 0 radical (unpaired) electrons. The highest BCUT2D eigenvalue weighted by atomic mass is 32.2. The van der Waals surface area contributed by atoms with Crippen LogP contribution in [-0.2, 0) is 26.0 Å². The van der Waals surface area contributed by atoms with Crippen molar-refractivity contribution >= 4 is 33.0 Å². The average Bonchev–Trinajstić information content (AvgIpc) is 3.61. The van der Waals surface area contributed by atoms with E-state index >= 15 is 0 Å². The zero-order valence-corrected chi connectivity index (χ0v) is 26.1. The number of aromatic nitrogens is 1. The predicted octanol–water partition coefficient (Wildman–Crippen LogP) is 5.03. The molecule has 2 aromatic carbocycles. The van der Waals surface area contributed by atoms with Crippen molar-refractivity contribution in [3.05, 3.63) is 53.7 Å². The van der Waals surface area contributed by atoms with Crippen molar-refractivity contribution in [2.24, 2.45) is 5.92 Å². The molecule has 0 spiro atoms. The monoisotopic (exact) mass is 612 g/mol. The van der Waals surface area contributed by atoms with Crippen LogP contribution < -0.4 is 15.2 Å². The number of fused-ring (bicyclic) bond motifs is 1. The molecule has 11 heteroatoms. The van der Waals surface area contributed by atoms with E-state index in [1.165, 1.54) is 12.7 Å². The molecule has 0 amide bonds. The number of piperidine rings is 1. The van der Waals surface area contributed by atoms with Gasteiger partial charge in [-0.3, -0.25) is 4.79 Å². The number of nitrogens with two attached hydrogens (primary N) is 1. The van der Waals surface area contributed by atoms with Crippen molar-refractivity contribution in [2.45, 2.75) is 58.1 Å². The molecule has 0 bridgehead atoms. The van der Waals surface area contributed by atoms with Crippen LogP contribution in [0.3, 0.4) is 0 Å². The molecule has 1 saturated heterocycles. The molecule has 1 aromatic heterocycles. The Morgan fingerprint density at radius 2 is 1.98 bits per heavy atom. The Balaban J connectivity index is 1.21. The van der Waals surface area contributed by atoms with Gasteiger partial charge in [0.15, 0.2) is 0 Å². The quantitative estimate of drug-likeness (QED) is 0.228. The number of nitrogens with one attached hydrogen (secondary N) is 1. The van der Waals surface area contributed by atoms with Gasteiger partial charge in [0.25, 0.3) is 0 Å².